The number of carbonyl (C=O) groups is 2. The first-order chi connectivity index (χ1) is 11.5. The molecular formula is C18H26N2O4. The molecule has 1 aromatic carbocycles. The van der Waals surface area contributed by atoms with Crippen molar-refractivity contribution in [2.45, 2.75) is 33.1 Å². The van der Waals surface area contributed by atoms with E-state index >= 15 is 0 Å². The molecule has 0 atom stereocenters. The van der Waals surface area contributed by atoms with Crippen molar-refractivity contribution in [1.82, 2.24) is 10.2 Å². The summed E-state index contributed by atoms with van der Waals surface area (Å²) in [5.41, 5.74) is 2.22. The Kier molecular flexibility index (Phi) is 6.46. The van der Waals surface area contributed by atoms with Gasteiger partial charge in [0.05, 0.1) is 12.5 Å². The van der Waals surface area contributed by atoms with E-state index in [2.05, 4.69) is 5.32 Å². The molecule has 1 aromatic rings. The van der Waals surface area contributed by atoms with Crippen LogP contribution < -0.4 is 10.1 Å². The second kappa shape index (κ2) is 8.57. The third-order valence-electron chi connectivity index (χ3n) is 4.38. The Hall–Kier alpha value is -2.24. The van der Waals surface area contributed by atoms with Crippen LogP contribution >= 0.6 is 0 Å². The van der Waals surface area contributed by atoms with Crippen molar-refractivity contribution in [2.24, 2.45) is 5.92 Å². The molecule has 1 saturated heterocycles. The summed E-state index contributed by atoms with van der Waals surface area (Å²) in [6, 6.07) is 5.92. The highest BCUT2D eigenvalue weighted by atomic mass is 16.5. The zero-order chi connectivity index (χ0) is 17.5. The number of ether oxygens (including phenoxy) is 1. The maximum absolute atomic E-state index is 12.0. The van der Waals surface area contributed by atoms with Gasteiger partial charge in [0, 0.05) is 19.6 Å². The summed E-state index contributed by atoms with van der Waals surface area (Å²) in [5.74, 6) is -0.168. The molecule has 0 spiro atoms. The van der Waals surface area contributed by atoms with Gasteiger partial charge in [0.2, 0.25) is 0 Å². The van der Waals surface area contributed by atoms with Gasteiger partial charge in [-0.05, 0) is 44.2 Å². The smallest absolute Gasteiger partial charge is 0.317 e. The van der Waals surface area contributed by atoms with Crippen molar-refractivity contribution in [2.75, 3.05) is 26.2 Å². The lowest BCUT2D eigenvalue weighted by Gasteiger charge is -2.30. The Labute approximate surface area is 142 Å². The number of piperidine rings is 1. The molecule has 6 nitrogen and oxygen atoms in total. The molecule has 2 N–H and O–H groups in total. The predicted octanol–water partition coefficient (Wildman–Crippen LogP) is 2.58. The van der Waals surface area contributed by atoms with E-state index < -0.39 is 5.97 Å². The fourth-order valence-corrected chi connectivity index (χ4v) is 2.91. The van der Waals surface area contributed by atoms with Crippen molar-refractivity contribution in [1.29, 1.82) is 0 Å². The summed E-state index contributed by atoms with van der Waals surface area (Å²) < 4.78 is 5.81. The fraction of sp³-hybridized carbons (Fsp3) is 0.556. The number of likely N-dealkylation sites (tertiary alicyclic amines) is 1. The first-order valence-corrected chi connectivity index (χ1v) is 8.43. The van der Waals surface area contributed by atoms with E-state index in [0.717, 1.165) is 23.3 Å². The van der Waals surface area contributed by atoms with E-state index in [1.54, 1.807) is 4.90 Å². The van der Waals surface area contributed by atoms with Gasteiger partial charge in [-0.15, -0.1) is 0 Å². The summed E-state index contributed by atoms with van der Waals surface area (Å²) >= 11 is 0. The number of hydrogen-bond donors (Lipinski definition) is 2. The number of amides is 2. The lowest BCUT2D eigenvalue weighted by Crippen LogP contribution is -2.45. The number of urea groups is 1. The van der Waals surface area contributed by atoms with Crippen LogP contribution in [0, 0.1) is 19.8 Å². The summed E-state index contributed by atoms with van der Waals surface area (Å²) in [6.45, 7) is 6.13. The van der Waals surface area contributed by atoms with Gasteiger partial charge in [-0.1, -0.05) is 18.2 Å². The molecule has 0 radical (unpaired) electrons. The maximum Gasteiger partial charge on any atom is 0.317 e. The van der Waals surface area contributed by atoms with Gasteiger partial charge in [-0.3, -0.25) is 4.79 Å². The zero-order valence-electron chi connectivity index (χ0n) is 14.4. The summed E-state index contributed by atoms with van der Waals surface area (Å²) in [6.07, 6.45) is 1.78. The van der Waals surface area contributed by atoms with Gasteiger partial charge >= 0.3 is 12.0 Å². The van der Waals surface area contributed by atoms with Crippen LogP contribution in [-0.4, -0.2) is 48.2 Å². The van der Waals surface area contributed by atoms with Crippen LogP contribution in [0.4, 0.5) is 4.79 Å². The molecule has 1 aliphatic heterocycles. The van der Waals surface area contributed by atoms with Gasteiger partial charge in [-0.25, -0.2) is 4.79 Å². The number of hydrogen-bond acceptors (Lipinski definition) is 3. The van der Waals surface area contributed by atoms with Crippen molar-refractivity contribution >= 4 is 12.0 Å². The van der Waals surface area contributed by atoms with Gasteiger partial charge in [-0.2, -0.15) is 0 Å². The molecular weight excluding hydrogens is 308 g/mol. The van der Waals surface area contributed by atoms with Crippen LogP contribution in [0.2, 0.25) is 0 Å². The minimum atomic E-state index is -0.765. The minimum Gasteiger partial charge on any atom is -0.493 e. The molecule has 1 fully saturated rings. The Morgan fingerprint density at radius 3 is 2.46 bits per heavy atom. The largest absolute Gasteiger partial charge is 0.493 e. The molecule has 2 amide bonds. The Bertz CT molecular complexity index is 560. The fourth-order valence-electron chi connectivity index (χ4n) is 2.91. The number of carbonyl (C=O) groups excluding carboxylic acids is 1. The standard InChI is InChI=1S/C18H26N2O4/c1-13-5-3-6-14(2)16(13)24-12-4-9-19-18(23)20-10-7-15(8-11-20)17(21)22/h3,5-6,15H,4,7-12H2,1-2H3,(H,19,23)(H,21,22). The van der Waals surface area contributed by atoms with Crippen molar-refractivity contribution in [3.05, 3.63) is 29.3 Å². The molecule has 1 aliphatic rings. The molecule has 0 aromatic heterocycles. The maximum atomic E-state index is 12.0. The van der Waals surface area contributed by atoms with Gasteiger partial charge < -0.3 is 20.1 Å². The summed E-state index contributed by atoms with van der Waals surface area (Å²) in [5, 5.41) is 11.8. The molecule has 0 aliphatic carbocycles. The van der Waals surface area contributed by atoms with Crippen molar-refractivity contribution in [3.63, 3.8) is 0 Å². The lowest BCUT2D eigenvalue weighted by molar-refractivity contribution is -0.143. The van der Waals surface area contributed by atoms with Crippen LogP contribution in [0.1, 0.15) is 30.4 Å². The summed E-state index contributed by atoms with van der Waals surface area (Å²) in [7, 11) is 0. The molecule has 24 heavy (non-hydrogen) atoms. The monoisotopic (exact) mass is 334 g/mol. The lowest BCUT2D eigenvalue weighted by atomic mass is 9.97. The molecule has 1 heterocycles. The third kappa shape index (κ3) is 4.88. The van der Waals surface area contributed by atoms with Crippen LogP contribution in [0.5, 0.6) is 5.75 Å². The van der Waals surface area contributed by atoms with E-state index in [1.807, 2.05) is 32.0 Å². The van der Waals surface area contributed by atoms with E-state index in [-0.39, 0.29) is 11.9 Å². The number of benzene rings is 1. The first kappa shape index (κ1) is 18.1. The van der Waals surface area contributed by atoms with E-state index in [1.165, 1.54) is 0 Å². The van der Waals surface area contributed by atoms with E-state index in [0.29, 0.717) is 39.1 Å². The highest BCUT2D eigenvalue weighted by Gasteiger charge is 2.26. The van der Waals surface area contributed by atoms with Crippen LogP contribution in [0.3, 0.4) is 0 Å². The number of aliphatic carboxylic acids is 1. The topological polar surface area (TPSA) is 78.9 Å². The second-order valence-electron chi connectivity index (χ2n) is 6.25. The first-order valence-electron chi connectivity index (χ1n) is 8.43. The van der Waals surface area contributed by atoms with Gasteiger partial charge in [0.15, 0.2) is 0 Å². The normalized spacial score (nSPS) is 15.2. The molecule has 2 rings (SSSR count). The third-order valence-corrected chi connectivity index (χ3v) is 4.38. The highest BCUT2D eigenvalue weighted by Crippen LogP contribution is 2.22. The second-order valence-corrected chi connectivity index (χ2v) is 6.25. The van der Waals surface area contributed by atoms with Crippen LogP contribution in [0.25, 0.3) is 0 Å². The average Bonchev–Trinajstić information content (AvgIpc) is 2.56. The number of nitrogens with zero attached hydrogens (tertiary/aromatic N) is 1. The van der Waals surface area contributed by atoms with Crippen molar-refractivity contribution in [3.8, 4) is 5.75 Å². The number of para-hydroxylation sites is 1. The zero-order valence-corrected chi connectivity index (χ0v) is 14.4. The van der Waals surface area contributed by atoms with Gasteiger partial charge in [0.1, 0.15) is 5.75 Å². The molecule has 0 unspecified atom stereocenters. The molecule has 132 valence electrons. The Balaban J connectivity index is 1.64. The quantitative estimate of drug-likeness (QED) is 0.784. The number of nitrogens with one attached hydrogen (secondary N) is 1. The highest BCUT2D eigenvalue weighted by molar-refractivity contribution is 5.75. The average molecular weight is 334 g/mol. The Morgan fingerprint density at radius 1 is 1.25 bits per heavy atom. The Morgan fingerprint density at radius 2 is 1.88 bits per heavy atom. The number of aryl methyl sites for hydroxylation is 2. The van der Waals surface area contributed by atoms with Crippen LogP contribution in [0.15, 0.2) is 18.2 Å². The summed E-state index contributed by atoms with van der Waals surface area (Å²) in [4.78, 5) is 24.6. The van der Waals surface area contributed by atoms with Crippen molar-refractivity contribution < 1.29 is 19.4 Å². The SMILES string of the molecule is Cc1cccc(C)c1OCCCNC(=O)N1CCC(C(=O)O)CC1. The molecule has 0 bridgehead atoms. The number of carboxylic acids is 1. The number of rotatable bonds is 6. The molecule has 0 saturated carbocycles. The van der Waals surface area contributed by atoms with Gasteiger partial charge in [0.25, 0.3) is 0 Å². The van der Waals surface area contributed by atoms with Crippen LogP contribution in [-0.2, 0) is 4.79 Å². The van der Waals surface area contributed by atoms with E-state index in [4.69, 9.17) is 9.84 Å². The molecule has 6 heteroatoms. The van der Waals surface area contributed by atoms with E-state index in [9.17, 15) is 9.59 Å². The minimum absolute atomic E-state index is 0.120. The predicted molar refractivity (Wildman–Crippen MR) is 91.4 cm³/mol. The number of carboxylic acid groups (broad SMARTS) is 1.